The zero-order chi connectivity index (χ0) is 17.8. The molecule has 2 aliphatic heterocycles. The zero-order valence-electron chi connectivity index (χ0n) is 14.4. The van der Waals surface area contributed by atoms with Crippen LogP contribution in [-0.4, -0.2) is 54.6 Å². The van der Waals surface area contributed by atoms with Crippen molar-refractivity contribution < 1.29 is 23.8 Å². The first-order chi connectivity index (χ1) is 12.2. The van der Waals surface area contributed by atoms with Crippen molar-refractivity contribution in [2.24, 2.45) is 0 Å². The van der Waals surface area contributed by atoms with E-state index in [1.165, 1.54) is 10.0 Å². The Morgan fingerprint density at radius 2 is 1.88 bits per heavy atom. The molecular formula is C18H22N2O5. The molecule has 0 saturated heterocycles. The molecule has 25 heavy (non-hydrogen) atoms. The van der Waals surface area contributed by atoms with E-state index in [1.54, 1.807) is 13.8 Å². The Morgan fingerprint density at radius 1 is 1.16 bits per heavy atom. The second kappa shape index (κ2) is 7.46. The molecule has 7 heteroatoms. The summed E-state index contributed by atoms with van der Waals surface area (Å²) in [7, 11) is 0. The lowest BCUT2D eigenvalue weighted by Gasteiger charge is -2.41. The molecule has 1 aromatic rings. The number of carbonyl (C=O) groups excluding carboxylic acids is 2. The number of hydrogen-bond acceptors (Lipinski definition) is 5. The molecule has 0 aromatic heterocycles. The van der Waals surface area contributed by atoms with Crippen LogP contribution in [0.5, 0.6) is 5.75 Å². The van der Waals surface area contributed by atoms with Crippen LogP contribution in [0, 0.1) is 0 Å². The topological polar surface area (TPSA) is 68.3 Å². The molecule has 0 aliphatic carbocycles. The van der Waals surface area contributed by atoms with Gasteiger partial charge in [0.2, 0.25) is 0 Å². The summed E-state index contributed by atoms with van der Waals surface area (Å²) in [6, 6.07) is 7.37. The van der Waals surface area contributed by atoms with E-state index >= 15 is 0 Å². The highest BCUT2D eigenvalue weighted by molar-refractivity contribution is 5.75. The summed E-state index contributed by atoms with van der Waals surface area (Å²) >= 11 is 0. The molecule has 1 atom stereocenters. The van der Waals surface area contributed by atoms with Crippen LogP contribution < -0.4 is 4.74 Å². The smallest absolute Gasteiger partial charge is 0.429 e. The van der Waals surface area contributed by atoms with Gasteiger partial charge in [0, 0.05) is 6.42 Å². The van der Waals surface area contributed by atoms with Crippen molar-refractivity contribution in [3.63, 3.8) is 0 Å². The standard InChI is InChI=1S/C18H22N2O5/c1-3-23-17(21)19-10-9-14-12-25-16-8-6-5-7-13(16)11-15(14)20(19)18(22)24-4-2/h5-9,15H,3-4,10-12H2,1-2H3. The molecule has 3 rings (SSSR count). The number of hydrazine groups is 1. The Balaban J connectivity index is 1.96. The van der Waals surface area contributed by atoms with Crippen LogP contribution in [-0.2, 0) is 15.9 Å². The monoisotopic (exact) mass is 346 g/mol. The molecule has 0 fully saturated rings. The van der Waals surface area contributed by atoms with Crippen molar-refractivity contribution in [3.8, 4) is 5.75 Å². The number of para-hydroxylation sites is 1. The highest BCUT2D eigenvalue weighted by atomic mass is 16.6. The molecule has 2 heterocycles. The summed E-state index contributed by atoms with van der Waals surface area (Å²) in [5.74, 6) is 0.796. The zero-order valence-corrected chi connectivity index (χ0v) is 14.4. The van der Waals surface area contributed by atoms with Crippen LogP contribution in [0.4, 0.5) is 9.59 Å². The Bertz CT molecular complexity index is 688. The van der Waals surface area contributed by atoms with Gasteiger partial charge in [0.15, 0.2) is 0 Å². The Labute approximate surface area is 146 Å². The largest absolute Gasteiger partial charge is 0.489 e. The van der Waals surface area contributed by atoms with Gasteiger partial charge in [-0.3, -0.25) is 0 Å². The van der Waals surface area contributed by atoms with Gasteiger partial charge < -0.3 is 14.2 Å². The summed E-state index contributed by atoms with van der Waals surface area (Å²) in [5.41, 5.74) is 1.93. The molecule has 134 valence electrons. The number of hydrogen-bond donors (Lipinski definition) is 0. The third kappa shape index (κ3) is 3.40. The highest BCUT2D eigenvalue weighted by Gasteiger charge is 2.40. The van der Waals surface area contributed by atoms with Gasteiger partial charge >= 0.3 is 12.2 Å². The molecule has 0 spiro atoms. The minimum atomic E-state index is -0.565. The molecule has 0 saturated carbocycles. The van der Waals surface area contributed by atoms with E-state index in [-0.39, 0.29) is 25.8 Å². The first kappa shape index (κ1) is 17.1. The quantitative estimate of drug-likeness (QED) is 0.770. The highest BCUT2D eigenvalue weighted by Crippen LogP contribution is 2.31. The van der Waals surface area contributed by atoms with Gasteiger partial charge in [-0.25, -0.2) is 19.6 Å². The minimum absolute atomic E-state index is 0.227. The molecule has 2 aliphatic rings. The number of ether oxygens (including phenoxy) is 3. The second-order valence-electron chi connectivity index (χ2n) is 5.72. The fraction of sp³-hybridized carbons (Fsp3) is 0.444. The first-order valence-corrected chi connectivity index (χ1v) is 8.45. The Kier molecular flexibility index (Phi) is 5.11. The lowest BCUT2D eigenvalue weighted by molar-refractivity contribution is -0.0368. The maximum atomic E-state index is 12.6. The van der Waals surface area contributed by atoms with Gasteiger partial charge in [-0.05, 0) is 31.1 Å². The van der Waals surface area contributed by atoms with Gasteiger partial charge in [0.25, 0.3) is 0 Å². The number of nitrogens with zero attached hydrogens (tertiary/aromatic N) is 2. The van der Waals surface area contributed by atoms with Crippen LogP contribution in [0.15, 0.2) is 35.9 Å². The van der Waals surface area contributed by atoms with Crippen LogP contribution in [0.1, 0.15) is 19.4 Å². The van der Waals surface area contributed by atoms with Crippen molar-refractivity contribution in [2.75, 3.05) is 26.4 Å². The molecular weight excluding hydrogens is 324 g/mol. The van der Waals surface area contributed by atoms with Gasteiger partial charge in [0.1, 0.15) is 12.4 Å². The number of fused-ring (bicyclic) bond motifs is 2. The van der Waals surface area contributed by atoms with E-state index in [0.29, 0.717) is 13.0 Å². The summed E-state index contributed by atoms with van der Waals surface area (Å²) in [4.78, 5) is 24.9. The lowest BCUT2D eigenvalue weighted by Crippen LogP contribution is -2.58. The van der Waals surface area contributed by atoms with Crippen LogP contribution >= 0.6 is 0 Å². The average Bonchev–Trinajstić information content (AvgIpc) is 2.80. The molecule has 0 radical (unpaired) electrons. The van der Waals surface area contributed by atoms with Gasteiger partial charge in [-0.15, -0.1) is 0 Å². The van der Waals surface area contributed by atoms with Crippen molar-refractivity contribution >= 4 is 12.2 Å². The van der Waals surface area contributed by atoms with E-state index in [0.717, 1.165) is 16.9 Å². The summed E-state index contributed by atoms with van der Waals surface area (Å²) in [6.45, 7) is 4.54. The van der Waals surface area contributed by atoms with E-state index in [1.807, 2.05) is 30.3 Å². The maximum Gasteiger partial charge on any atom is 0.429 e. The molecule has 2 amide bonds. The minimum Gasteiger partial charge on any atom is -0.489 e. The number of benzene rings is 1. The Morgan fingerprint density at radius 3 is 2.64 bits per heavy atom. The predicted octanol–water partition coefficient (Wildman–Crippen LogP) is 2.76. The lowest BCUT2D eigenvalue weighted by atomic mass is 9.98. The van der Waals surface area contributed by atoms with Gasteiger partial charge in [-0.1, -0.05) is 24.3 Å². The van der Waals surface area contributed by atoms with Crippen molar-refractivity contribution in [1.29, 1.82) is 0 Å². The Hall–Kier alpha value is -2.70. The first-order valence-electron chi connectivity index (χ1n) is 8.45. The maximum absolute atomic E-state index is 12.6. The summed E-state index contributed by atoms with van der Waals surface area (Å²) < 4.78 is 16.2. The third-order valence-electron chi connectivity index (χ3n) is 4.22. The van der Waals surface area contributed by atoms with Gasteiger partial charge in [-0.2, -0.15) is 0 Å². The second-order valence-corrected chi connectivity index (χ2v) is 5.72. The van der Waals surface area contributed by atoms with E-state index < -0.39 is 12.2 Å². The third-order valence-corrected chi connectivity index (χ3v) is 4.22. The number of rotatable bonds is 2. The molecule has 7 nitrogen and oxygen atoms in total. The van der Waals surface area contributed by atoms with Crippen molar-refractivity contribution in [1.82, 2.24) is 10.0 Å². The molecule has 1 unspecified atom stereocenters. The van der Waals surface area contributed by atoms with Gasteiger partial charge in [0.05, 0.1) is 25.8 Å². The number of amides is 2. The average molecular weight is 346 g/mol. The van der Waals surface area contributed by atoms with E-state index in [2.05, 4.69) is 0 Å². The van der Waals surface area contributed by atoms with Crippen LogP contribution in [0.3, 0.4) is 0 Å². The summed E-state index contributed by atoms with van der Waals surface area (Å²) in [6.07, 6.45) is 1.33. The van der Waals surface area contributed by atoms with E-state index in [4.69, 9.17) is 14.2 Å². The molecule has 0 N–H and O–H groups in total. The van der Waals surface area contributed by atoms with Crippen molar-refractivity contribution in [3.05, 3.63) is 41.5 Å². The van der Waals surface area contributed by atoms with E-state index in [9.17, 15) is 9.59 Å². The number of carbonyl (C=O) groups is 2. The fourth-order valence-electron chi connectivity index (χ4n) is 3.08. The normalized spacial score (nSPS) is 19.0. The predicted molar refractivity (Wildman–Crippen MR) is 90.1 cm³/mol. The molecule has 0 bridgehead atoms. The SMILES string of the molecule is CCOC(=O)N1CC=C2COc3ccccc3CC2N1C(=O)OCC. The van der Waals surface area contributed by atoms with Crippen LogP contribution in [0.2, 0.25) is 0 Å². The summed E-state index contributed by atoms with van der Waals surface area (Å²) in [5, 5.41) is 2.66. The van der Waals surface area contributed by atoms with Crippen LogP contribution in [0.25, 0.3) is 0 Å². The van der Waals surface area contributed by atoms with Crippen molar-refractivity contribution in [2.45, 2.75) is 26.3 Å². The molecule has 1 aromatic carbocycles. The fourth-order valence-corrected chi connectivity index (χ4v) is 3.08.